The summed E-state index contributed by atoms with van der Waals surface area (Å²) in [6.45, 7) is 1.50. The van der Waals surface area contributed by atoms with Gasteiger partial charge in [0.05, 0.1) is 11.3 Å². The first-order valence-corrected chi connectivity index (χ1v) is 6.81. The number of nitrogens with one attached hydrogen (secondary N) is 1. The number of hydrogen-bond acceptors (Lipinski definition) is 6. The second-order valence-electron chi connectivity index (χ2n) is 4.16. The van der Waals surface area contributed by atoms with Crippen LogP contribution >= 0.6 is 11.3 Å². The molecule has 94 valence electrons. The smallest absolute Gasteiger partial charge is 0.190 e. The summed E-state index contributed by atoms with van der Waals surface area (Å²) in [4.78, 5) is 13.9. The van der Waals surface area contributed by atoms with E-state index in [-0.39, 0.29) is 0 Å². The van der Waals surface area contributed by atoms with Crippen LogP contribution in [-0.4, -0.2) is 28.1 Å². The van der Waals surface area contributed by atoms with Crippen molar-refractivity contribution in [3.05, 3.63) is 30.6 Å². The number of hydrogen-bond donors (Lipinski definition) is 1. The van der Waals surface area contributed by atoms with Crippen LogP contribution in [0.15, 0.2) is 30.6 Å². The minimum Gasteiger partial charge on any atom is -0.489 e. The summed E-state index contributed by atoms with van der Waals surface area (Å²) in [6, 6.07) is 6.04. The van der Waals surface area contributed by atoms with Gasteiger partial charge in [-0.05, 0) is 12.1 Å². The average Bonchev–Trinajstić information content (AvgIpc) is 2.90. The molecule has 19 heavy (non-hydrogen) atoms. The average molecular weight is 270 g/mol. The highest BCUT2D eigenvalue weighted by Crippen LogP contribution is 2.40. The maximum Gasteiger partial charge on any atom is 0.190 e. The number of benzene rings is 1. The Kier molecular flexibility index (Phi) is 2.34. The molecule has 5 nitrogen and oxygen atoms in total. The minimum atomic E-state index is 0.672. The molecule has 0 spiro atoms. The molecular weight excluding hydrogens is 260 g/mol. The fraction of sp³-hybridized carbons (Fsp3) is 0.154. The Morgan fingerprint density at radius 3 is 3.11 bits per heavy atom. The molecule has 1 N–H and O–H groups in total. The first kappa shape index (κ1) is 10.7. The van der Waals surface area contributed by atoms with E-state index in [1.807, 2.05) is 18.2 Å². The van der Waals surface area contributed by atoms with Gasteiger partial charge in [-0.2, -0.15) is 0 Å². The summed E-state index contributed by atoms with van der Waals surface area (Å²) in [5, 5.41) is 4.22. The van der Waals surface area contributed by atoms with Gasteiger partial charge >= 0.3 is 0 Å². The van der Waals surface area contributed by atoms with Gasteiger partial charge < -0.3 is 10.1 Å². The van der Waals surface area contributed by atoms with Crippen molar-refractivity contribution in [3.8, 4) is 16.3 Å². The zero-order valence-electron chi connectivity index (χ0n) is 9.96. The Hall–Kier alpha value is -2.21. The molecule has 1 aliphatic heterocycles. The van der Waals surface area contributed by atoms with Gasteiger partial charge in [-0.25, -0.2) is 15.0 Å². The maximum absolute atomic E-state index is 5.77. The van der Waals surface area contributed by atoms with Gasteiger partial charge in [-0.3, -0.25) is 0 Å². The van der Waals surface area contributed by atoms with Crippen molar-refractivity contribution >= 4 is 27.5 Å². The van der Waals surface area contributed by atoms with Crippen molar-refractivity contribution < 1.29 is 4.74 Å². The summed E-state index contributed by atoms with van der Waals surface area (Å²) < 4.78 is 5.77. The van der Waals surface area contributed by atoms with E-state index in [2.05, 4.69) is 20.3 Å². The lowest BCUT2D eigenvalue weighted by Gasteiger charge is -2.20. The first-order valence-electron chi connectivity index (χ1n) is 5.99. The van der Waals surface area contributed by atoms with Crippen LogP contribution in [0, 0.1) is 0 Å². The van der Waals surface area contributed by atoms with Crippen LogP contribution in [-0.2, 0) is 0 Å². The van der Waals surface area contributed by atoms with E-state index in [9.17, 15) is 0 Å². The highest BCUT2D eigenvalue weighted by molar-refractivity contribution is 7.21. The van der Waals surface area contributed by atoms with Gasteiger partial charge in [0.1, 0.15) is 11.6 Å². The number of para-hydroxylation sites is 1. The zero-order valence-corrected chi connectivity index (χ0v) is 10.8. The van der Waals surface area contributed by atoms with Crippen molar-refractivity contribution in [2.75, 3.05) is 18.5 Å². The third-order valence-electron chi connectivity index (χ3n) is 2.96. The summed E-state index contributed by atoms with van der Waals surface area (Å²) >= 11 is 1.53. The van der Waals surface area contributed by atoms with Crippen LogP contribution in [0.25, 0.3) is 21.0 Å². The second-order valence-corrected chi connectivity index (χ2v) is 5.14. The van der Waals surface area contributed by atoms with E-state index in [1.165, 1.54) is 11.3 Å². The largest absolute Gasteiger partial charge is 0.489 e. The van der Waals surface area contributed by atoms with E-state index in [1.54, 1.807) is 12.4 Å². The summed E-state index contributed by atoms with van der Waals surface area (Å²) in [5.74, 6) is 0.868. The molecule has 0 saturated heterocycles. The lowest BCUT2D eigenvalue weighted by Crippen LogP contribution is -2.18. The van der Waals surface area contributed by atoms with E-state index in [0.29, 0.717) is 12.3 Å². The molecule has 0 radical (unpaired) electrons. The highest BCUT2D eigenvalue weighted by Gasteiger charge is 2.18. The third-order valence-corrected chi connectivity index (χ3v) is 3.94. The Labute approximate surface area is 113 Å². The quantitative estimate of drug-likeness (QED) is 0.736. The van der Waals surface area contributed by atoms with Crippen LogP contribution in [0.1, 0.15) is 0 Å². The Balaban J connectivity index is 1.92. The molecule has 3 aromatic rings. The van der Waals surface area contributed by atoms with Crippen molar-refractivity contribution in [3.63, 3.8) is 0 Å². The van der Waals surface area contributed by atoms with Crippen LogP contribution in [0.4, 0.5) is 5.69 Å². The van der Waals surface area contributed by atoms with Gasteiger partial charge in [0.2, 0.25) is 0 Å². The molecule has 0 amide bonds. The fourth-order valence-corrected chi connectivity index (χ4v) is 3.02. The predicted octanol–water partition coefficient (Wildman–Crippen LogP) is 2.56. The third kappa shape index (κ3) is 1.72. The number of thiazole rings is 1. The molecule has 2 aromatic heterocycles. The zero-order chi connectivity index (χ0) is 12.7. The van der Waals surface area contributed by atoms with Crippen molar-refractivity contribution in [2.24, 2.45) is 0 Å². The number of ether oxygens (including phenoxy) is 1. The molecule has 0 saturated carbocycles. The molecule has 6 heteroatoms. The minimum absolute atomic E-state index is 0.672. The molecular formula is C13H10N4OS. The van der Waals surface area contributed by atoms with Gasteiger partial charge in [0.15, 0.2) is 16.2 Å². The van der Waals surface area contributed by atoms with E-state index >= 15 is 0 Å². The number of anilines is 1. The maximum atomic E-state index is 5.77. The molecule has 0 aliphatic carbocycles. The van der Waals surface area contributed by atoms with Crippen LogP contribution in [0.2, 0.25) is 0 Å². The number of aromatic nitrogens is 3. The lowest BCUT2D eigenvalue weighted by molar-refractivity contribution is 0.324. The van der Waals surface area contributed by atoms with Gasteiger partial charge in [0.25, 0.3) is 0 Å². The molecule has 0 fully saturated rings. The Morgan fingerprint density at radius 1 is 1.21 bits per heavy atom. The van der Waals surface area contributed by atoms with Crippen molar-refractivity contribution in [2.45, 2.75) is 0 Å². The van der Waals surface area contributed by atoms with E-state index < -0.39 is 0 Å². The standard InChI is InChI=1S/C13H10N4OS/c1-2-8(10-9(3-1)14-6-7-18-10)12-17-11-13(19-12)16-5-4-15-11/h1-5,14H,6-7H2. The summed E-state index contributed by atoms with van der Waals surface area (Å²) in [5.41, 5.74) is 2.70. The van der Waals surface area contributed by atoms with Gasteiger partial charge in [0, 0.05) is 18.9 Å². The van der Waals surface area contributed by atoms with Crippen molar-refractivity contribution in [1.29, 1.82) is 0 Å². The Bertz CT molecular complexity index is 722. The molecule has 1 aliphatic rings. The fourth-order valence-electron chi connectivity index (χ4n) is 2.13. The molecule has 0 bridgehead atoms. The summed E-state index contributed by atoms with van der Waals surface area (Å²) in [6.07, 6.45) is 3.34. The molecule has 1 aromatic carbocycles. The topological polar surface area (TPSA) is 59.9 Å². The monoisotopic (exact) mass is 270 g/mol. The second kappa shape index (κ2) is 4.17. The van der Waals surface area contributed by atoms with E-state index in [0.717, 1.165) is 33.4 Å². The lowest BCUT2D eigenvalue weighted by atomic mass is 10.1. The van der Waals surface area contributed by atoms with Gasteiger partial charge in [-0.15, -0.1) is 0 Å². The number of nitrogens with zero attached hydrogens (tertiary/aromatic N) is 3. The first-order chi connectivity index (χ1) is 9.42. The molecule has 3 heterocycles. The highest BCUT2D eigenvalue weighted by atomic mass is 32.1. The molecule has 0 unspecified atom stereocenters. The van der Waals surface area contributed by atoms with Crippen LogP contribution < -0.4 is 10.1 Å². The number of fused-ring (bicyclic) bond motifs is 2. The normalized spacial score (nSPS) is 13.7. The summed E-state index contributed by atoms with van der Waals surface area (Å²) in [7, 11) is 0. The predicted molar refractivity (Wildman–Crippen MR) is 74.6 cm³/mol. The van der Waals surface area contributed by atoms with Crippen LogP contribution in [0.3, 0.4) is 0 Å². The van der Waals surface area contributed by atoms with Crippen molar-refractivity contribution in [1.82, 2.24) is 15.0 Å². The molecule has 0 atom stereocenters. The SMILES string of the molecule is c1cc2c(c(-c3nc4nccnc4s3)c1)OCCN2. The Morgan fingerprint density at radius 2 is 2.16 bits per heavy atom. The van der Waals surface area contributed by atoms with Gasteiger partial charge in [-0.1, -0.05) is 17.4 Å². The molecule has 4 rings (SSSR count). The number of rotatable bonds is 1. The van der Waals surface area contributed by atoms with E-state index in [4.69, 9.17) is 4.74 Å². The van der Waals surface area contributed by atoms with Crippen LogP contribution in [0.5, 0.6) is 5.75 Å².